The van der Waals surface area contributed by atoms with E-state index in [9.17, 15) is 9.59 Å². The van der Waals surface area contributed by atoms with Crippen LogP contribution in [-0.4, -0.2) is 35.6 Å². The molecule has 2 heterocycles. The number of pyridine rings is 1. The van der Waals surface area contributed by atoms with E-state index < -0.39 is 0 Å². The lowest BCUT2D eigenvalue weighted by atomic mass is 9.73. The number of ether oxygens (including phenoxy) is 1. The number of methoxy groups -OCH3 is 1. The molecule has 1 spiro atoms. The van der Waals surface area contributed by atoms with Crippen molar-refractivity contribution in [2.75, 3.05) is 20.2 Å². The molecule has 4 rings (SSSR count). The minimum Gasteiger partial charge on any atom is -0.377 e. The quantitative estimate of drug-likeness (QED) is 0.821. The molecule has 5 nitrogen and oxygen atoms in total. The summed E-state index contributed by atoms with van der Waals surface area (Å²) in [6.07, 6.45) is 2.97. The highest BCUT2D eigenvalue weighted by Crippen LogP contribution is 2.52. The molecule has 1 aliphatic carbocycles. The van der Waals surface area contributed by atoms with Crippen LogP contribution < -0.4 is 5.56 Å². The molecule has 2 aliphatic rings. The van der Waals surface area contributed by atoms with Gasteiger partial charge in [0.25, 0.3) is 11.5 Å². The third-order valence-corrected chi connectivity index (χ3v) is 6.40. The largest absolute Gasteiger partial charge is 0.377 e. The van der Waals surface area contributed by atoms with Crippen LogP contribution in [0.5, 0.6) is 0 Å². The van der Waals surface area contributed by atoms with Gasteiger partial charge in [-0.05, 0) is 43.4 Å². The van der Waals surface area contributed by atoms with Crippen molar-refractivity contribution in [3.8, 4) is 0 Å². The van der Waals surface area contributed by atoms with Gasteiger partial charge in [0.05, 0.1) is 6.10 Å². The van der Waals surface area contributed by atoms with E-state index in [0.29, 0.717) is 18.8 Å². The van der Waals surface area contributed by atoms with Gasteiger partial charge in [0.15, 0.2) is 0 Å². The Balaban J connectivity index is 1.58. The van der Waals surface area contributed by atoms with Gasteiger partial charge in [-0.15, -0.1) is 0 Å². The highest BCUT2D eigenvalue weighted by atomic mass is 16.5. The topological polar surface area (TPSA) is 51.5 Å². The van der Waals surface area contributed by atoms with Gasteiger partial charge in [-0.25, -0.2) is 0 Å². The number of fused-ring (bicyclic) bond motifs is 2. The summed E-state index contributed by atoms with van der Waals surface area (Å²) in [4.78, 5) is 26.7. The summed E-state index contributed by atoms with van der Waals surface area (Å²) in [5.41, 5.74) is 4.35. The summed E-state index contributed by atoms with van der Waals surface area (Å²) < 4.78 is 7.19. The van der Waals surface area contributed by atoms with E-state index in [-0.39, 0.29) is 23.0 Å². The monoisotopic (exact) mass is 366 g/mol. The summed E-state index contributed by atoms with van der Waals surface area (Å²) in [7, 11) is 3.43. The second-order valence-electron chi connectivity index (χ2n) is 7.90. The number of hydrogen-bond donors (Lipinski definition) is 0. The molecule has 1 atom stereocenters. The van der Waals surface area contributed by atoms with Gasteiger partial charge in [-0.2, -0.15) is 0 Å². The average Bonchev–Trinajstić information content (AvgIpc) is 2.97. The smallest absolute Gasteiger partial charge is 0.270 e. The Morgan fingerprint density at radius 2 is 1.93 bits per heavy atom. The molecular formula is C22H26N2O3. The number of rotatable bonds is 2. The second kappa shape index (κ2) is 6.64. The van der Waals surface area contributed by atoms with Gasteiger partial charge in [-0.1, -0.05) is 29.8 Å². The highest BCUT2D eigenvalue weighted by molar-refractivity contribution is 5.92. The van der Waals surface area contributed by atoms with Crippen molar-refractivity contribution in [2.24, 2.45) is 7.05 Å². The number of hydrogen-bond acceptors (Lipinski definition) is 3. The van der Waals surface area contributed by atoms with Crippen molar-refractivity contribution in [3.63, 3.8) is 0 Å². The van der Waals surface area contributed by atoms with Crippen LogP contribution >= 0.6 is 0 Å². The maximum atomic E-state index is 12.9. The fourth-order valence-corrected chi connectivity index (χ4v) is 4.75. The average molecular weight is 366 g/mol. The Bertz CT molecular complexity index is 939. The number of likely N-dealkylation sites (tertiary alicyclic amines) is 1. The van der Waals surface area contributed by atoms with Crippen LogP contribution in [0.2, 0.25) is 0 Å². The van der Waals surface area contributed by atoms with Crippen molar-refractivity contribution in [1.29, 1.82) is 0 Å². The Morgan fingerprint density at radius 3 is 2.63 bits per heavy atom. The van der Waals surface area contributed by atoms with Gasteiger partial charge >= 0.3 is 0 Å². The van der Waals surface area contributed by atoms with E-state index in [1.807, 2.05) is 4.90 Å². The Morgan fingerprint density at radius 1 is 1.19 bits per heavy atom. The van der Waals surface area contributed by atoms with Gasteiger partial charge < -0.3 is 14.2 Å². The fraction of sp³-hybridized carbons (Fsp3) is 0.455. The summed E-state index contributed by atoms with van der Waals surface area (Å²) in [5, 5.41) is 0. The molecule has 1 aliphatic heterocycles. The fourth-order valence-electron chi connectivity index (χ4n) is 4.75. The summed E-state index contributed by atoms with van der Waals surface area (Å²) in [6, 6.07) is 11.5. The maximum Gasteiger partial charge on any atom is 0.270 e. The highest BCUT2D eigenvalue weighted by Gasteiger charge is 2.46. The molecule has 2 aromatic rings. The normalized spacial score (nSPS) is 20.7. The van der Waals surface area contributed by atoms with E-state index in [0.717, 1.165) is 19.3 Å². The zero-order valence-corrected chi connectivity index (χ0v) is 16.2. The van der Waals surface area contributed by atoms with Gasteiger partial charge in [0.1, 0.15) is 5.69 Å². The minimum absolute atomic E-state index is 0.0594. The molecule has 0 bridgehead atoms. The predicted octanol–water partition coefficient (Wildman–Crippen LogP) is 2.96. The maximum absolute atomic E-state index is 12.9. The standard InChI is InChI=1S/C22H26N2O3/c1-15-7-8-16-17(13-15)22(14-19(16)27-3)9-11-24(12-10-22)21(26)18-5-4-6-20(25)23(18)2/h4-8,13,19H,9-12,14H2,1-3H3. The van der Waals surface area contributed by atoms with Crippen molar-refractivity contribution in [1.82, 2.24) is 9.47 Å². The van der Waals surface area contributed by atoms with Crippen molar-refractivity contribution < 1.29 is 9.53 Å². The molecule has 1 aromatic carbocycles. The number of carbonyl (C=O) groups excluding carboxylic acids is 1. The van der Waals surface area contributed by atoms with E-state index in [1.54, 1.807) is 26.3 Å². The third-order valence-electron chi connectivity index (χ3n) is 6.40. The van der Waals surface area contributed by atoms with E-state index >= 15 is 0 Å². The molecule has 0 saturated carbocycles. The first-order valence-corrected chi connectivity index (χ1v) is 9.54. The molecule has 1 aromatic heterocycles. The van der Waals surface area contributed by atoms with Crippen LogP contribution in [0.1, 0.15) is 52.5 Å². The summed E-state index contributed by atoms with van der Waals surface area (Å²) in [6.45, 7) is 3.53. The number of aromatic nitrogens is 1. The number of nitrogens with zero attached hydrogens (tertiary/aromatic N) is 2. The minimum atomic E-state index is -0.155. The number of carbonyl (C=O) groups is 1. The van der Waals surface area contributed by atoms with Crippen LogP contribution in [0.4, 0.5) is 0 Å². The lowest BCUT2D eigenvalue weighted by molar-refractivity contribution is 0.0551. The molecule has 5 heteroatoms. The lowest BCUT2D eigenvalue weighted by Gasteiger charge is -2.40. The number of benzene rings is 1. The van der Waals surface area contributed by atoms with Crippen LogP contribution in [0, 0.1) is 6.92 Å². The zero-order chi connectivity index (χ0) is 19.2. The number of amides is 1. The molecule has 1 fully saturated rings. The first kappa shape index (κ1) is 18.0. The van der Waals surface area contributed by atoms with E-state index in [1.165, 1.54) is 27.3 Å². The Labute approximate surface area is 159 Å². The van der Waals surface area contributed by atoms with Gasteiger partial charge in [0, 0.05) is 38.7 Å². The molecule has 0 radical (unpaired) electrons. The van der Waals surface area contributed by atoms with Gasteiger partial charge in [0.2, 0.25) is 0 Å². The molecule has 1 saturated heterocycles. The second-order valence-corrected chi connectivity index (χ2v) is 7.90. The van der Waals surface area contributed by atoms with E-state index in [4.69, 9.17) is 4.74 Å². The van der Waals surface area contributed by atoms with Crippen molar-refractivity contribution in [3.05, 3.63) is 69.1 Å². The molecule has 27 heavy (non-hydrogen) atoms. The van der Waals surface area contributed by atoms with E-state index in [2.05, 4.69) is 25.1 Å². The van der Waals surface area contributed by atoms with Crippen LogP contribution in [-0.2, 0) is 17.2 Å². The van der Waals surface area contributed by atoms with Crippen LogP contribution in [0.3, 0.4) is 0 Å². The number of aryl methyl sites for hydroxylation is 1. The van der Waals surface area contributed by atoms with Crippen molar-refractivity contribution in [2.45, 2.75) is 37.7 Å². The molecule has 1 amide bonds. The summed E-state index contributed by atoms with van der Waals surface area (Å²) >= 11 is 0. The first-order valence-electron chi connectivity index (χ1n) is 9.54. The summed E-state index contributed by atoms with van der Waals surface area (Å²) in [5.74, 6) is -0.0594. The van der Waals surface area contributed by atoms with Crippen LogP contribution in [0.25, 0.3) is 0 Å². The predicted molar refractivity (Wildman–Crippen MR) is 104 cm³/mol. The third kappa shape index (κ3) is 2.90. The SMILES string of the molecule is COC1CC2(CCN(C(=O)c3cccc(=O)n3C)CC2)c2cc(C)ccc21. The molecular weight excluding hydrogens is 340 g/mol. The van der Waals surface area contributed by atoms with Crippen LogP contribution in [0.15, 0.2) is 41.2 Å². The molecule has 142 valence electrons. The lowest BCUT2D eigenvalue weighted by Crippen LogP contribution is -2.45. The number of piperidine rings is 1. The van der Waals surface area contributed by atoms with Crippen molar-refractivity contribution >= 4 is 5.91 Å². The molecule has 0 N–H and O–H groups in total. The Hall–Kier alpha value is -2.40. The zero-order valence-electron chi connectivity index (χ0n) is 16.2. The van der Waals surface area contributed by atoms with Gasteiger partial charge in [-0.3, -0.25) is 9.59 Å². The Kier molecular flexibility index (Phi) is 4.42. The first-order chi connectivity index (χ1) is 12.9. The molecule has 1 unspecified atom stereocenters.